The predicted molar refractivity (Wildman–Crippen MR) is 218 cm³/mol. The van der Waals surface area contributed by atoms with Crippen LogP contribution in [0.2, 0.25) is 0 Å². The fourth-order valence-corrected chi connectivity index (χ4v) is 6.91. The number of hydrogen-bond donors (Lipinski definition) is 0. The van der Waals surface area contributed by atoms with Crippen molar-refractivity contribution in [3.63, 3.8) is 0 Å². The molecular weight excluding hydrogens is 661 g/mol. The van der Waals surface area contributed by atoms with Crippen molar-refractivity contribution >= 4 is 32.3 Å². The standard InChI is InChI=1S/C48H30N6/c1-4-12-40-28-49-43(25-33(40)9-1)31-19-21-32(22-20-31)46-52-47(38-17-7-15-36(23-38)44-26-34-10-2-5-13-41(34)29-50-44)54-48(53-46)39-18-8-16-37(24-39)45-27-35-11-3-6-14-42(35)30-51-45/h1-30H. The van der Waals surface area contributed by atoms with Gasteiger partial charge in [0.15, 0.2) is 17.5 Å². The van der Waals surface area contributed by atoms with Gasteiger partial charge in [-0.3, -0.25) is 15.0 Å². The molecule has 0 aliphatic heterocycles. The molecule has 0 fully saturated rings. The van der Waals surface area contributed by atoms with E-state index < -0.39 is 0 Å². The molecule has 0 saturated heterocycles. The lowest BCUT2D eigenvalue weighted by Gasteiger charge is -2.11. The Morgan fingerprint density at radius 2 is 0.574 bits per heavy atom. The third-order valence-electron chi connectivity index (χ3n) is 9.80. The van der Waals surface area contributed by atoms with Gasteiger partial charge in [-0.1, -0.05) is 133 Å². The number of fused-ring (bicyclic) bond motifs is 3. The summed E-state index contributed by atoms with van der Waals surface area (Å²) < 4.78 is 0. The minimum absolute atomic E-state index is 0.576. The number of rotatable bonds is 6. The summed E-state index contributed by atoms with van der Waals surface area (Å²) >= 11 is 0. The zero-order chi connectivity index (χ0) is 35.8. The highest BCUT2D eigenvalue weighted by Gasteiger charge is 2.15. The fraction of sp³-hybridized carbons (Fsp3) is 0. The van der Waals surface area contributed by atoms with Gasteiger partial charge >= 0.3 is 0 Å². The van der Waals surface area contributed by atoms with Crippen molar-refractivity contribution in [2.75, 3.05) is 0 Å². The van der Waals surface area contributed by atoms with Gasteiger partial charge in [-0.05, 0) is 46.5 Å². The average Bonchev–Trinajstić information content (AvgIpc) is 3.26. The smallest absolute Gasteiger partial charge is 0.164 e. The summed E-state index contributed by atoms with van der Waals surface area (Å²) in [5.74, 6) is 1.73. The highest BCUT2D eigenvalue weighted by molar-refractivity contribution is 5.88. The van der Waals surface area contributed by atoms with Crippen LogP contribution in [0.5, 0.6) is 0 Å². The van der Waals surface area contributed by atoms with Gasteiger partial charge in [0.1, 0.15) is 0 Å². The Bertz CT molecular complexity index is 2870. The molecule has 4 heterocycles. The van der Waals surface area contributed by atoms with Gasteiger partial charge in [-0.15, -0.1) is 0 Å². The topological polar surface area (TPSA) is 77.3 Å². The number of hydrogen-bond acceptors (Lipinski definition) is 6. The van der Waals surface area contributed by atoms with Crippen LogP contribution in [0.1, 0.15) is 0 Å². The van der Waals surface area contributed by atoms with Crippen molar-refractivity contribution in [3.05, 3.63) is 182 Å². The van der Waals surface area contributed by atoms with Crippen LogP contribution in [0.15, 0.2) is 182 Å². The van der Waals surface area contributed by atoms with Crippen LogP contribution in [-0.4, -0.2) is 29.9 Å². The van der Waals surface area contributed by atoms with Crippen LogP contribution in [0.3, 0.4) is 0 Å². The molecule has 0 spiro atoms. The second-order valence-electron chi connectivity index (χ2n) is 13.3. The SMILES string of the molecule is c1cc(-c2cc3ccccc3cn2)cc(-c2nc(-c3ccc(-c4cc5ccccc5cn4)cc3)nc(-c3cccc(-c4cc5ccccc5cn4)c3)n2)c1. The van der Waals surface area contributed by atoms with Crippen LogP contribution in [0.25, 0.3) is 100 Å². The van der Waals surface area contributed by atoms with E-state index in [4.69, 9.17) is 29.9 Å². The summed E-state index contributed by atoms with van der Waals surface area (Å²) in [6.45, 7) is 0. The molecular formula is C48H30N6. The van der Waals surface area contributed by atoms with Crippen LogP contribution in [-0.2, 0) is 0 Å². The Labute approximate surface area is 311 Å². The van der Waals surface area contributed by atoms with E-state index in [1.807, 2.05) is 79.3 Å². The Hall–Kier alpha value is -7.44. The molecule has 0 unspecified atom stereocenters. The fourth-order valence-electron chi connectivity index (χ4n) is 6.91. The maximum Gasteiger partial charge on any atom is 0.164 e. The van der Waals surface area contributed by atoms with Gasteiger partial charge in [0.05, 0.1) is 17.1 Å². The summed E-state index contributed by atoms with van der Waals surface area (Å²) in [4.78, 5) is 29.5. The molecule has 6 aromatic carbocycles. The van der Waals surface area contributed by atoms with E-state index in [1.165, 1.54) is 0 Å². The lowest BCUT2D eigenvalue weighted by Crippen LogP contribution is -2.00. The van der Waals surface area contributed by atoms with Crippen LogP contribution in [0, 0.1) is 0 Å². The zero-order valence-electron chi connectivity index (χ0n) is 29.0. The maximum atomic E-state index is 5.09. The molecule has 0 aliphatic carbocycles. The average molecular weight is 691 g/mol. The molecule has 0 amide bonds. The quantitative estimate of drug-likeness (QED) is 0.173. The van der Waals surface area contributed by atoms with Crippen molar-refractivity contribution in [2.45, 2.75) is 0 Å². The van der Waals surface area contributed by atoms with Gasteiger partial charge in [-0.25, -0.2) is 15.0 Å². The Morgan fingerprint density at radius 3 is 1.00 bits per heavy atom. The second kappa shape index (κ2) is 13.3. The molecule has 252 valence electrons. The van der Waals surface area contributed by atoms with Crippen molar-refractivity contribution in [2.24, 2.45) is 0 Å². The number of aromatic nitrogens is 6. The molecule has 0 radical (unpaired) electrons. The molecule has 4 aromatic heterocycles. The molecule has 10 rings (SSSR count). The van der Waals surface area contributed by atoms with Gasteiger partial charge < -0.3 is 0 Å². The minimum Gasteiger partial charge on any atom is -0.256 e. The monoisotopic (exact) mass is 690 g/mol. The van der Waals surface area contributed by atoms with Gasteiger partial charge in [0, 0.05) is 68.1 Å². The Balaban J connectivity index is 1.07. The lowest BCUT2D eigenvalue weighted by atomic mass is 10.0. The molecule has 0 saturated carbocycles. The van der Waals surface area contributed by atoms with Crippen molar-refractivity contribution < 1.29 is 0 Å². The number of pyridine rings is 3. The molecule has 54 heavy (non-hydrogen) atoms. The summed E-state index contributed by atoms with van der Waals surface area (Å²) in [7, 11) is 0. The molecule has 0 N–H and O–H groups in total. The lowest BCUT2D eigenvalue weighted by molar-refractivity contribution is 1.07. The van der Waals surface area contributed by atoms with Crippen molar-refractivity contribution in [1.29, 1.82) is 0 Å². The Morgan fingerprint density at radius 1 is 0.241 bits per heavy atom. The minimum atomic E-state index is 0.576. The van der Waals surface area contributed by atoms with E-state index in [0.717, 1.165) is 82.8 Å². The van der Waals surface area contributed by atoms with Gasteiger partial charge in [0.2, 0.25) is 0 Å². The first kappa shape index (κ1) is 31.3. The first-order valence-electron chi connectivity index (χ1n) is 17.8. The van der Waals surface area contributed by atoms with E-state index in [1.54, 1.807) is 0 Å². The molecule has 0 aliphatic rings. The van der Waals surface area contributed by atoms with Crippen LogP contribution < -0.4 is 0 Å². The Kier molecular flexibility index (Phi) is 7.69. The van der Waals surface area contributed by atoms with Gasteiger partial charge in [-0.2, -0.15) is 0 Å². The van der Waals surface area contributed by atoms with E-state index in [2.05, 4.69) is 103 Å². The number of benzene rings is 6. The van der Waals surface area contributed by atoms with Crippen LogP contribution in [0.4, 0.5) is 0 Å². The van der Waals surface area contributed by atoms with E-state index in [0.29, 0.717) is 17.5 Å². The third kappa shape index (κ3) is 6.02. The number of nitrogens with zero attached hydrogens (tertiary/aromatic N) is 6. The molecule has 6 heteroatoms. The maximum absolute atomic E-state index is 5.09. The van der Waals surface area contributed by atoms with E-state index in [-0.39, 0.29) is 0 Å². The van der Waals surface area contributed by atoms with Crippen molar-refractivity contribution in [3.8, 4) is 67.9 Å². The summed E-state index contributed by atoms with van der Waals surface area (Å²) in [6.07, 6.45) is 5.77. The summed E-state index contributed by atoms with van der Waals surface area (Å²) in [5.41, 5.74) is 8.30. The molecule has 10 aromatic rings. The highest BCUT2D eigenvalue weighted by Crippen LogP contribution is 2.32. The largest absolute Gasteiger partial charge is 0.256 e. The summed E-state index contributed by atoms with van der Waals surface area (Å²) in [6, 6.07) is 55.9. The van der Waals surface area contributed by atoms with Crippen LogP contribution >= 0.6 is 0 Å². The first-order chi connectivity index (χ1) is 26.7. The second-order valence-corrected chi connectivity index (χ2v) is 13.3. The highest BCUT2D eigenvalue weighted by atomic mass is 15.0. The molecule has 0 bridgehead atoms. The summed E-state index contributed by atoms with van der Waals surface area (Å²) in [5, 5.41) is 6.76. The van der Waals surface area contributed by atoms with Crippen molar-refractivity contribution in [1.82, 2.24) is 29.9 Å². The third-order valence-corrected chi connectivity index (χ3v) is 9.80. The van der Waals surface area contributed by atoms with E-state index in [9.17, 15) is 0 Å². The van der Waals surface area contributed by atoms with E-state index >= 15 is 0 Å². The first-order valence-corrected chi connectivity index (χ1v) is 17.8. The van der Waals surface area contributed by atoms with Gasteiger partial charge in [0.25, 0.3) is 0 Å². The molecule has 6 nitrogen and oxygen atoms in total. The zero-order valence-corrected chi connectivity index (χ0v) is 29.0. The predicted octanol–water partition coefficient (Wildman–Crippen LogP) is 11.5. The molecule has 0 atom stereocenters. The normalized spacial score (nSPS) is 11.3.